The van der Waals surface area contributed by atoms with Gasteiger partial charge in [-0.1, -0.05) is 18.2 Å². The van der Waals surface area contributed by atoms with Crippen molar-refractivity contribution in [1.29, 1.82) is 0 Å². The van der Waals surface area contributed by atoms with E-state index in [1.165, 1.54) is 23.1 Å². The van der Waals surface area contributed by atoms with Crippen LogP contribution in [0.3, 0.4) is 0 Å². The molecule has 0 fully saturated rings. The molecule has 9 heteroatoms. The van der Waals surface area contributed by atoms with Crippen molar-refractivity contribution in [2.45, 2.75) is 19.1 Å². The Hall–Kier alpha value is -3.36. The maximum absolute atomic E-state index is 12.5. The van der Waals surface area contributed by atoms with Crippen molar-refractivity contribution in [3.05, 3.63) is 48.0 Å². The third kappa shape index (κ3) is 4.08. The first-order valence-corrected chi connectivity index (χ1v) is 8.03. The van der Waals surface area contributed by atoms with E-state index in [2.05, 4.69) is 10.1 Å². The number of benzene rings is 2. The van der Waals surface area contributed by atoms with Gasteiger partial charge in [-0.15, -0.1) is 0 Å². The summed E-state index contributed by atoms with van der Waals surface area (Å²) in [4.78, 5) is 25.0. The summed E-state index contributed by atoms with van der Waals surface area (Å²) in [7, 11) is 1.55. The molecule has 1 atom stereocenters. The second-order valence-electron chi connectivity index (χ2n) is 5.88. The van der Waals surface area contributed by atoms with Gasteiger partial charge in [0.2, 0.25) is 5.91 Å². The van der Waals surface area contributed by atoms with Crippen LogP contribution in [0, 0.1) is 0 Å². The van der Waals surface area contributed by atoms with Crippen LogP contribution in [0.4, 0.5) is 19.3 Å². The number of anilines is 1. The number of para-hydroxylation sites is 1. The van der Waals surface area contributed by atoms with Crippen LogP contribution in [0.15, 0.2) is 42.5 Å². The Labute approximate surface area is 153 Å². The van der Waals surface area contributed by atoms with Crippen LogP contribution < -0.4 is 25.4 Å². The van der Waals surface area contributed by atoms with Crippen LogP contribution >= 0.6 is 0 Å². The predicted molar refractivity (Wildman–Crippen MR) is 93.2 cm³/mol. The zero-order valence-corrected chi connectivity index (χ0v) is 14.3. The first-order chi connectivity index (χ1) is 12.8. The second kappa shape index (κ2) is 7.48. The minimum absolute atomic E-state index is 0.0394. The Morgan fingerprint density at radius 1 is 1.26 bits per heavy atom. The number of nitrogens with zero attached hydrogens (tertiary/aromatic N) is 1. The van der Waals surface area contributed by atoms with Gasteiger partial charge in [-0.2, -0.15) is 8.78 Å². The topological polar surface area (TPSA) is 93.9 Å². The maximum atomic E-state index is 12.5. The average Bonchev–Trinajstić information content (AvgIpc) is 2.58. The van der Waals surface area contributed by atoms with Gasteiger partial charge >= 0.3 is 12.6 Å². The number of rotatable bonds is 5. The van der Waals surface area contributed by atoms with E-state index in [0.717, 1.165) is 5.56 Å². The van der Waals surface area contributed by atoms with E-state index < -0.39 is 18.7 Å². The lowest BCUT2D eigenvalue weighted by Gasteiger charge is -2.32. The van der Waals surface area contributed by atoms with Gasteiger partial charge in [0.15, 0.2) is 5.75 Å². The highest BCUT2D eigenvalue weighted by atomic mass is 19.3. The molecular weight excluding hydrogens is 360 g/mol. The molecule has 0 aromatic heterocycles. The van der Waals surface area contributed by atoms with E-state index in [9.17, 15) is 18.4 Å². The lowest BCUT2D eigenvalue weighted by molar-refractivity contribution is -0.120. The van der Waals surface area contributed by atoms with E-state index in [1.807, 2.05) is 0 Å². The van der Waals surface area contributed by atoms with Crippen LogP contribution in [-0.2, 0) is 11.2 Å². The molecule has 3 amide bonds. The highest BCUT2D eigenvalue weighted by Gasteiger charge is 2.33. The zero-order chi connectivity index (χ0) is 19.6. The Bertz CT molecular complexity index is 875. The summed E-state index contributed by atoms with van der Waals surface area (Å²) in [6.07, 6.45) is 0.257. The molecular formula is C18H17F2N3O4. The fourth-order valence-electron chi connectivity index (χ4n) is 2.97. The van der Waals surface area contributed by atoms with Crippen LogP contribution in [0.1, 0.15) is 5.56 Å². The molecule has 3 rings (SSSR count). The number of nitrogens with one attached hydrogen (secondary N) is 1. The molecule has 1 aliphatic rings. The molecule has 0 saturated heterocycles. The third-order valence-corrected chi connectivity index (χ3v) is 4.05. The molecule has 1 aliphatic heterocycles. The Morgan fingerprint density at radius 2 is 1.96 bits per heavy atom. The number of likely N-dealkylation sites (N-methyl/N-ethyl adjacent to an activating group) is 1. The zero-order valence-electron chi connectivity index (χ0n) is 14.3. The summed E-state index contributed by atoms with van der Waals surface area (Å²) < 4.78 is 34.9. The van der Waals surface area contributed by atoms with Crippen molar-refractivity contribution >= 4 is 17.6 Å². The van der Waals surface area contributed by atoms with Crippen molar-refractivity contribution in [2.24, 2.45) is 5.73 Å². The lowest BCUT2D eigenvalue weighted by atomic mass is 9.97. The Morgan fingerprint density at radius 3 is 2.67 bits per heavy atom. The number of fused-ring (bicyclic) bond motifs is 1. The average molecular weight is 377 g/mol. The number of carbonyl (C=O) groups is 2. The highest BCUT2D eigenvalue weighted by Crippen LogP contribution is 2.39. The molecule has 27 heavy (non-hydrogen) atoms. The molecule has 0 saturated carbocycles. The van der Waals surface area contributed by atoms with Gasteiger partial charge in [-0.3, -0.25) is 4.79 Å². The van der Waals surface area contributed by atoms with E-state index in [1.54, 1.807) is 31.3 Å². The second-order valence-corrected chi connectivity index (χ2v) is 5.88. The van der Waals surface area contributed by atoms with Crippen molar-refractivity contribution in [2.75, 3.05) is 11.9 Å². The molecule has 142 valence electrons. The lowest BCUT2D eigenvalue weighted by Crippen LogP contribution is -2.53. The summed E-state index contributed by atoms with van der Waals surface area (Å²) in [6, 6.07) is 9.46. The minimum atomic E-state index is -2.94. The molecule has 3 N–H and O–H groups in total. The number of primary amides is 1. The number of amides is 3. The fraction of sp³-hybridized carbons (Fsp3) is 0.222. The normalized spacial score (nSPS) is 16.1. The van der Waals surface area contributed by atoms with Crippen molar-refractivity contribution < 1.29 is 27.8 Å². The third-order valence-electron chi connectivity index (χ3n) is 4.05. The van der Waals surface area contributed by atoms with Crippen molar-refractivity contribution in [1.82, 2.24) is 5.32 Å². The Balaban J connectivity index is 1.89. The molecule has 2 aromatic rings. The number of hydrogen-bond donors (Lipinski definition) is 2. The van der Waals surface area contributed by atoms with Gasteiger partial charge in [-0.05, 0) is 23.8 Å². The first kappa shape index (κ1) is 18.4. The molecule has 1 heterocycles. The molecule has 0 bridgehead atoms. The summed E-state index contributed by atoms with van der Waals surface area (Å²) in [5.74, 6) is 0.268. The summed E-state index contributed by atoms with van der Waals surface area (Å²) in [5, 5.41) is 2.42. The Kier molecular flexibility index (Phi) is 5.11. The number of halogens is 2. The van der Waals surface area contributed by atoms with Crippen LogP contribution in [0.25, 0.3) is 0 Å². The van der Waals surface area contributed by atoms with E-state index >= 15 is 0 Å². The van der Waals surface area contributed by atoms with Crippen LogP contribution in [0.2, 0.25) is 0 Å². The molecule has 0 aliphatic carbocycles. The highest BCUT2D eigenvalue weighted by molar-refractivity contribution is 6.02. The fourth-order valence-corrected chi connectivity index (χ4v) is 2.97. The van der Waals surface area contributed by atoms with Gasteiger partial charge in [0, 0.05) is 19.5 Å². The largest absolute Gasteiger partial charge is 0.455 e. The number of ether oxygens (including phenoxy) is 2. The minimum Gasteiger partial charge on any atom is -0.455 e. The number of alkyl halides is 2. The SMILES string of the molecule is CN1C(=O)[C@H](NC(N)=O)Cc2cccc(Oc3cccc(OC(F)F)c3)c21. The van der Waals surface area contributed by atoms with Gasteiger partial charge < -0.3 is 25.4 Å². The maximum Gasteiger partial charge on any atom is 0.387 e. The van der Waals surface area contributed by atoms with Crippen LogP contribution in [-0.4, -0.2) is 31.6 Å². The quantitative estimate of drug-likeness (QED) is 0.838. The monoisotopic (exact) mass is 377 g/mol. The molecule has 0 unspecified atom stereocenters. The van der Waals surface area contributed by atoms with Crippen molar-refractivity contribution in [3.8, 4) is 17.2 Å². The molecule has 0 spiro atoms. The summed E-state index contributed by atoms with van der Waals surface area (Å²) >= 11 is 0. The molecule has 7 nitrogen and oxygen atoms in total. The van der Waals surface area contributed by atoms with Gasteiger partial charge in [0.05, 0.1) is 5.69 Å². The number of hydrogen-bond acceptors (Lipinski definition) is 4. The number of urea groups is 1. The number of carbonyl (C=O) groups excluding carboxylic acids is 2. The first-order valence-electron chi connectivity index (χ1n) is 8.03. The summed E-state index contributed by atoms with van der Waals surface area (Å²) in [5.41, 5.74) is 6.43. The number of nitrogens with two attached hydrogens (primary N) is 1. The summed E-state index contributed by atoms with van der Waals surface area (Å²) in [6.45, 7) is -2.94. The molecule has 0 radical (unpaired) electrons. The van der Waals surface area contributed by atoms with Gasteiger partial charge in [0.25, 0.3) is 0 Å². The van der Waals surface area contributed by atoms with E-state index in [-0.39, 0.29) is 23.8 Å². The predicted octanol–water partition coefficient (Wildman–Crippen LogP) is 2.64. The molecule has 2 aromatic carbocycles. The van der Waals surface area contributed by atoms with E-state index in [0.29, 0.717) is 11.4 Å². The standard InChI is InChI=1S/C18H17F2N3O4/c1-23-15-10(8-13(16(23)24)22-18(21)25)4-2-7-14(15)26-11-5-3-6-12(9-11)27-17(19)20/h2-7,9,13,17H,8H2,1H3,(H3,21,22,25)/t13-/m1/s1. The van der Waals surface area contributed by atoms with Gasteiger partial charge in [-0.25, -0.2) is 4.79 Å². The van der Waals surface area contributed by atoms with Crippen molar-refractivity contribution in [3.63, 3.8) is 0 Å². The smallest absolute Gasteiger partial charge is 0.387 e. The van der Waals surface area contributed by atoms with Gasteiger partial charge in [0.1, 0.15) is 17.5 Å². The van der Waals surface area contributed by atoms with Crippen LogP contribution in [0.5, 0.6) is 17.2 Å². The van der Waals surface area contributed by atoms with E-state index in [4.69, 9.17) is 10.5 Å².